The SMILES string of the molecule is NCC1=CCN(CCC(F)(F)F)C=C1. The van der Waals surface area contributed by atoms with Gasteiger partial charge in [0.05, 0.1) is 6.42 Å². The minimum atomic E-state index is -4.08. The first kappa shape index (κ1) is 11.1. The Morgan fingerprint density at radius 2 is 2.14 bits per heavy atom. The molecule has 0 aromatic carbocycles. The molecule has 0 atom stereocenters. The maximum Gasteiger partial charge on any atom is 0.390 e. The second kappa shape index (κ2) is 4.50. The molecule has 0 aromatic heterocycles. The zero-order chi connectivity index (χ0) is 10.6. The van der Waals surface area contributed by atoms with Gasteiger partial charge < -0.3 is 10.6 Å². The Morgan fingerprint density at radius 3 is 2.57 bits per heavy atom. The van der Waals surface area contributed by atoms with Crippen LogP contribution in [-0.4, -0.2) is 30.7 Å². The van der Waals surface area contributed by atoms with E-state index in [9.17, 15) is 13.2 Å². The second-order valence-electron chi connectivity index (χ2n) is 3.16. The molecule has 0 fully saturated rings. The van der Waals surface area contributed by atoms with Crippen LogP contribution in [0.5, 0.6) is 0 Å². The molecule has 1 rings (SSSR count). The van der Waals surface area contributed by atoms with Gasteiger partial charge in [-0.15, -0.1) is 0 Å². The van der Waals surface area contributed by atoms with Crippen molar-refractivity contribution in [2.24, 2.45) is 5.73 Å². The Labute approximate surface area is 80.9 Å². The summed E-state index contributed by atoms with van der Waals surface area (Å²) in [6, 6.07) is 0. The summed E-state index contributed by atoms with van der Waals surface area (Å²) in [6.45, 7) is 0.955. The van der Waals surface area contributed by atoms with Crippen LogP contribution in [0.3, 0.4) is 0 Å². The van der Waals surface area contributed by atoms with Crippen molar-refractivity contribution in [1.82, 2.24) is 4.90 Å². The third-order valence-electron chi connectivity index (χ3n) is 2.01. The standard InChI is InChI=1S/C9H13F3N2/c10-9(11,12)3-6-14-4-1-8(7-13)2-5-14/h1-2,4H,3,5-7,13H2. The predicted molar refractivity (Wildman–Crippen MR) is 48.5 cm³/mol. The summed E-state index contributed by atoms with van der Waals surface area (Å²) in [4.78, 5) is 1.62. The topological polar surface area (TPSA) is 29.3 Å². The molecular formula is C9H13F3N2. The van der Waals surface area contributed by atoms with Crippen molar-refractivity contribution in [1.29, 1.82) is 0 Å². The van der Waals surface area contributed by atoms with Crippen molar-refractivity contribution >= 4 is 0 Å². The van der Waals surface area contributed by atoms with Crippen molar-refractivity contribution in [2.75, 3.05) is 19.6 Å². The molecule has 2 N–H and O–H groups in total. The highest BCUT2D eigenvalue weighted by atomic mass is 19.4. The number of halogens is 3. The van der Waals surface area contributed by atoms with Crippen molar-refractivity contribution in [3.63, 3.8) is 0 Å². The summed E-state index contributed by atoms with van der Waals surface area (Å²) < 4.78 is 35.6. The van der Waals surface area contributed by atoms with E-state index >= 15 is 0 Å². The number of hydrogen-bond donors (Lipinski definition) is 1. The fourth-order valence-corrected chi connectivity index (χ4v) is 1.15. The highest BCUT2D eigenvalue weighted by Gasteiger charge is 2.27. The van der Waals surface area contributed by atoms with Gasteiger partial charge in [-0.1, -0.05) is 6.08 Å². The molecule has 80 valence electrons. The van der Waals surface area contributed by atoms with Crippen LogP contribution in [0, 0.1) is 0 Å². The largest absolute Gasteiger partial charge is 0.390 e. The van der Waals surface area contributed by atoms with Gasteiger partial charge in [0.2, 0.25) is 0 Å². The highest BCUT2D eigenvalue weighted by molar-refractivity contribution is 5.23. The Hall–Kier alpha value is -0.970. The van der Waals surface area contributed by atoms with Crippen molar-refractivity contribution in [2.45, 2.75) is 12.6 Å². The zero-order valence-corrected chi connectivity index (χ0v) is 7.72. The molecule has 0 saturated carbocycles. The van der Waals surface area contributed by atoms with Crippen LogP contribution < -0.4 is 5.73 Å². The zero-order valence-electron chi connectivity index (χ0n) is 7.72. The molecule has 2 nitrogen and oxygen atoms in total. The van der Waals surface area contributed by atoms with E-state index in [1.807, 2.05) is 6.08 Å². The van der Waals surface area contributed by atoms with Gasteiger partial charge in [0.1, 0.15) is 0 Å². The first-order valence-electron chi connectivity index (χ1n) is 4.39. The summed E-state index contributed by atoms with van der Waals surface area (Å²) in [6.07, 6.45) is 0.402. The average molecular weight is 206 g/mol. The van der Waals surface area contributed by atoms with Crippen LogP contribution in [0.4, 0.5) is 13.2 Å². The van der Waals surface area contributed by atoms with E-state index in [-0.39, 0.29) is 6.54 Å². The summed E-state index contributed by atoms with van der Waals surface area (Å²) >= 11 is 0. The maximum atomic E-state index is 11.9. The molecule has 0 aromatic rings. The van der Waals surface area contributed by atoms with Gasteiger partial charge in [-0.3, -0.25) is 0 Å². The molecule has 14 heavy (non-hydrogen) atoms. The minimum absolute atomic E-state index is 0.00829. The average Bonchev–Trinajstić information content (AvgIpc) is 2.14. The summed E-state index contributed by atoms with van der Waals surface area (Å²) in [7, 11) is 0. The van der Waals surface area contributed by atoms with Crippen molar-refractivity contribution in [3.05, 3.63) is 23.9 Å². The molecule has 5 heteroatoms. The summed E-state index contributed by atoms with van der Waals surface area (Å²) in [5, 5.41) is 0. The Kier molecular flexibility index (Phi) is 3.57. The van der Waals surface area contributed by atoms with Gasteiger partial charge >= 0.3 is 6.18 Å². The molecule has 0 amide bonds. The molecule has 1 heterocycles. The molecule has 0 aliphatic carbocycles. The number of nitrogens with two attached hydrogens (primary N) is 1. The lowest BCUT2D eigenvalue weighted by molar-refractivity contribution is -0.136. The number of hydrogen-bond acceptors (Lipinski definition) is 2. The lowest BCUT2D eigenvalue weighted by Gasteiger charge is -2.22. The van der Waals surface area contributed by atoms with Crippen LogP contribution in [0.1, 0.15) is 6.42 Å². The first-order valence-corrected chi connectivity index (χ1v) is 4.39. The molecule has 0 unspecified atom stereocenters. The fraction of sp³-hybridized carbons (Fsp3) is 0.556. The molecular weight excluding hydrogens is 193 g/mol. The molecule has 0 radical (unpaired) electrons. The molecule has 1 aliphatic heterocycles. The first-order chi connectivity index (χ1) is 6.51. The van der Waals surface area contributed by atoms with E-state index in [0.29, 0.717) is 13.1 Å². The fourth-order valence-electron chi connectivity index (χ4n) is 1.15. The quantitative estimate of drug-likeness (QED) is 0.760. The molecule has 1 aliphatic rings. The maximum absolute atomic E-state index is 11.9. The van der Waals surface area contributed by atoms with Crippen LogP contribution in [0.25, 0.3) is 0 Å². The van der Waals surface area contributed by atoms with Gasteiger partial charge in [0.15, 0.2) is 0 Å². The normalized spacial score (nSPS) is 17.1. The lowest BCUT2D eigenvalue weighted by atomic mass is 10.2. The van der Waals surface area contributed by atoms with Gasteiger partial charge in [0, 0.05) is 19.6 Å². The number of nitrogens with zero attached hydrogens (tertiary/aromatic N) is 1. The Balaban J connectivity index is 2.31. The van der Waals surface area contributed by atoms with E-state index in [0.717, 1.165) is 5.57 Å². The molecule has 0 bridgehead atoms. The Bertz CT molecular complexity index is 243. The van der Waals surface area contributed by atoms with E-state index in [1.165, 1.54) is 0 Å². The highest BCUT2D eigenvalue weighted by Crippen LogP contribution is 2.20. The van der Waals surface area contributed by atoms with Crippen LogP contribution in [0.15, 0.2) is 23.9 Å². The third kappa shape index (κ3) is 3.83. The minimum Gasteiger partial charge on any atom is -0.373 e. The van der Waals surface area contributed by atoms with E-state index in [1.54, 1.807) is 17.2 Å². The molecule has 0 spiro atoms. The summed E-state index contributed by atoms with van der Waals surface area (Å²) in [5.74, 6) is 0. The Morgan fingerprint density at radius 1 is 1.43 bits per heavy atom. The van der Waals surface area contributed by atoms with Crippen LogP contribution in [0.2, 0.25) is 0 Å². The van der Waals surface area contributed by atoms with Crippen LogP contribution in [-0.2, 0) is 0 Å². The third-order valence-corrected chi connectivity index (χ3v) is 2.01. The van der Waals surface area contributed by atoms with Gasteiger partial charge in [-0.05, 0) is 17.8 Å². The van der Waals surface area contributed by atoms with E-state index in [2.05, 4.69) is 0 Å². The van der Waals surface area contributed by atoms with Crippen LogP contribution >= 0.6 is 0 Å². The van der Waals surface area contributed by atoms with E-state index in [4.69, 9.17) is 5.73 Å². The second-order valence-corrected chi connectivity index (χ2v) is 3.16. The van der Waals surface area contributed by atoms with Gasteiger partial charge in [0.25, 0.3) is 0 Å². The summed E-state index contributed by atoms with van der Waals surface area (Å²) in [5.41, 5.74) is 6.34. The number of rotatable bonds is 3. The number of alkyl halides is 3. The van der Waals surface area contributed by atoms with Gasteiger partial charge in [-0.2, -0.15) is 13.2 Å². The lowest BCUT2D eigenvalue weighted by Crippen LogP contribution is -2.26. The smallest absolute Gasteiger partial charge is 0.373 e. The predicted octanol–water partition coefficient (Wildman–Crippen LogP) is 1.65. The van der Waals surface area contributed by atoms with Gasteiger partial charge in [-0.25, -0.2) is 0 Å². The van der Waals surface area contributed by atoms with E-state index < -0.39 is 12.6 Å². The monoisotopic (exact) mass is 206 g/mol. The molecule has 0 saturated heterocycles. The van der Waals surface area contributed by atoms with Crippen molar-refractivity contribution < 1.29 is 13.2 Å². The van der Waals surface area contributed by atoms with Crippen molar-refractivity contribution in [3.8, 4) is 0 Å².